The highest BCUT2D eigenvalue weighted by molar-refractivity contribution is 14.1. The molecule has 0 saturated carbocycles. The van der Waals surface area contributed by atoms with Crippen molar-refractivity contribution in [2.75, 3.05) is 10.6 Å². The van der Waals surface area contributed by atoms with Gasteiger partial charge in [-0.2, -0.15) is 0 Å². The average Bonchev–Trinajstić information content (AvgIpc) is 2.76. The Bertz CT molecular complexity index is 1190. The molecule has 0 unspecified atom stereocenters. The van der Waals surface area contributed by atoms with Crippen molar-refractivity contribution < 1.29 is 9.59 Å². The van der Waals surface area contributed by atoms with E-state index in [1.54, 1.807) is 36.4 Å². The lowest BCUT2D eigenvalue weighted by Crippen LogP contribution is -2.34. The van der Waals surface area contributed by atoms with Gasteiger partial charge in [0.1, 0.15) is 0 Å². The summed E-state index contributed by atoms with van der Waals surface area (Å²) in [6, 6.07) is 19.8. The maximum absolute atomic E-state index is 12.5. The summed E-state index contributed by atoms with van der Waals surface area (Å²) in [5.41, 5.74) is 3.45. The van der Waals surface area contributed by atoms with Gasteiger partial charge in [-0.05, 0) is 100 Å². The highest BCUT2D eigenvalue weighted by atomic mass is 127. The Balaban J connectivity index is 1.57. The van der Waals surface area contributed by atoms with Gasteiger partial charge in [0.2, 0.25) is 0 Å². The first kappa shape index (κ1) is 25.1. The van der Waals surface area contributed by atoms with Gasteiger partial charge in [0.05, 0.1) is 10.6 Å². The molecule has 0 atom stereocenters. The Hall–Kier alpha value is -2.49. The SMILES string of the molecule is CC(C)(C)c1ccc(C(=O)Nc2ccc(NC(=S)NC(=O)c3cc(I)ccc3Cl)cc2)cc1. The largest absolute Gasteiger partial charge is 0.332 e. The van der Waals surface area contributed by atoms with E-state index in [9.17, 15) is 9.59 Å². The first-order valence-corrected chi connectivity index (χ1v) is 12.0. The third-order valence-corrected chi connectivity index (χ3v) is 6.02. The van der Waals surface area contributed by atoms with Gasteiger partial charge in [0.15, 0.2) is 5.11 Å². The fourth-order valence-corrected chi connectivity index (χ4v) is 3.87. The van der Waals surface area contributed by atoms with Crippen molar-refractivity contribution in [3.05, 3.63) is 92.0 Å². The number of benzene rings is 3. The van der Waals surface area contributed by atoms with Crippen LogP contribution in [-0.4, -0.2) is 16.9 Å². The maximum Gasteiger partial charge on any atom is 0.258 e. The Morgan fingerprint density at radius 2 is 1.42 bits per heavy atom. The van der Waals surface area contributed by atoms with Crippen molar-refractivity contribution in [1.29, 1.82) is 0 Å². The van der Waals surface area contributed by atoms with Crippen LogP contribution in [0.5, 0.6) is 0 Å². The molecule has 3 rings (SSSR count). The Morgan fingerprint density at radius 1 is 0.848 bits per heavy atom. The van der Waals surface area contributed by atoms with E-state index in [0.29, 0.717) is 27.5 Å². The van der Waals surface area contributed by atoms with Gasteiger partial charge in [-0.3, -0.25) is 14.9 Å². The zero-order chi connectivity index (χ0) is 24.2. The molecule has 170 valence electrons. The third kappa shape index (κ3) is 6.99. The van der Waals surface area contributed by atoms with E-state index < -0.39 is 5.91 Å². The van der Waals surface area contributed by atoms with E-state index in [0.717, 1.165) is 3.57 Å². The predicted molar refractivity (Wildman–Crippen MR) is 147 cm³/mol. The van der Waals surface area contributed by atoms with Crippen LogP contribution in [0.1, 0.15) is 47.1 Å². The highest BCUT2D eigenvalue weighted by Crippen LogP contribution is 2.23. The van der Waals surface area contributed by atoms with Crippen LogP contribution in [-0.2, 0) is 5.41 Å². The van der Waals surface area contributed by atoms with Gasteiger partial charge < -0.3 is 10.6 Å². The summed E-state index contributed by atoms with van der Waals surface area (Å²) >= 11 is 13.4. The quantitative estimate of drug-likeness (QED) is 0.236. The summed E-state index contributed by atoms with van der Waals surface area (Å²) < 4.78 is 0.892. The zero-order valence-electron chi connectivity index (χ0n) is 18.3. The fraction of sp³-hybridized carbons (Fsp3) is 0.160. The molecule has 3 aromatic rings. The standard InChI is InChI=1S/C25H23ClIN3O2S/c1-25(2,3)16-6-4-15(5-7-16)22(31)28-18-9-11-19(12-10-18)29-24(33)30-23(32)20-14-17(27)8-13-21(20)26/h4-14H,1-3H3,(H,28,31)(H2,29,30,32,33). The summed E-state index contributed by atoms with van der Waals surface area (Å²) in [5.74, 6) is -0.578. The smallest absolute Gasteiger partial charge is 0.258 e. The lowest BCUT2D eigenvalue weighted by atomic mass is 9.87. The third-order valence-electron chi connectivity index (χ3n) is 4.81. The van der Waals surface area contributed by atoms with Crippen molar-refractivity contribution >= 4 is 74.7 Å². The summed E-state index contributed by atoms with van der Waals surface area (Å²) in [7, 11) is 0. The maximum atomic E-state index is 12.5. The zero-order valence-corrected chi connectivity index (χ0v) is 22.1. The molecule has 3 N–H and O–H groups in total. The van der Waals surface area contributed by atoms with Gasteiger partial charge in [-0.25, -0.2) is 0 Å². The molecule has 0 bridgehead atoms. The minimum atomic E-state index is -0.391. The van der Waals surface area contributed by atoms with E-state index in [4.69, 9.17) is 23.8 Å². The minimum absolute atomic E-state index is 0.0316. The first-order valence-electron chi connectivity index (χ1n) is 10.1. The molecule has 0 fully saturated rings. The molecule has 0 heterocycles. The van der Waals surface area contributed by atoms with Gasteiger partial charge in [0, 0.05) is 20.5 Å². The van der Waals surface area contributed by atoms with Crippen LogP contribution in [0.4, 0.5) is 11.4 Å². The number of amides is 2. The number of nitrogens with one attached hydrogen (secondary N) is 3. The number of carbonyl (C=O) groups excluding carboxylic acids is 2. The Kier molecular flexibility index (Phi) is 8.10. The predicted octanol–water partition coefficient (Wildman–Crippen LogP) is 6.62. The number of thiocarbonyl (C=S) groups is 1. The molecule has 5 nitrogen and oxygen atoms in total. The van der Waals surface area contributed by atoms with E-state index in [-0.39, 0.29) is 16.4 Å². The van der Waals surface area contributed by atoms with Crippen LogP contribution in [0.15, 0.2) is 66.7 Å². The topological polar surface area (TPSA) is 70.2 Å². The van der Waals surface area contributed by atoms with Crippen molar-refractivity contribution in [3.8, 4) is 0 Å². The minimum Gasteiger partial charge on any atom is -0.332 e. The van der Waals surface area contributed by atoms with Crippen molar-refractivity contribution in [2.24, 2.45) is 0 Å². The van der Waals surface area contributed by atoms with Gasteiger partial charge >= 0.3 is 0 Å². The molecular formula is C25H23ClIN3O2S. The molecule has 3 aromatic carbocycles. The van der Waals surface area contributed by atoms with Crippen LogP contribution in [0.25, 0.3) is 0 Å². The van der Waals surface area contributed by atoms with Crippen LogP contribution in [0.2, 0.25) is 5.02 Å². The number of anilines is 2. The molecule has 0 radical (unpaired) electrons. The molecule has 0 aromatic heterocycles. The summed E-state index contributed by atoms with van der Waals surface area (Å²) in [6.07, 6.45) is 0. The molecule has 33 heavy (non-hydrogen) atoms. The van der Waals surface area contributed by atoms with Gasteiger partial charge in [-0.1, -0.05) is 44.5 Å². The van der Waals surface area contributed by atoms with Crippen LogP contribution in [0, 0.1) is 3.57 Å². The van der Waals surface area contributed by atoms with Crippen LogP contribution in [0.3, 0.4) is 0 Å². The summed E-state index contributed by atoms with van der Waals surface area (Å²) in [4.78, 5) is 25.0. The van der Waals surface area contributed by atoms with E-state index in [1.807, 2.05) is 30.3 Å². The Labute approximate surface area is 217 Å². The van der Waals surface area contributed by atoms with E-state index >= 15 is 0 Å². The number of rotatable bonds is 4. The molecular weight excluding hydrogens is 569 g/mol. The average molecular weight is 592 g/mol. The van der Waals surface area contributed by atoms with Crippen molar-refractivity contribution in [3.63, 3.8) is 0 Å². The Morgan fingerprint density at radius 3 is 2.00 bits per heavy atom. The molecule has 0 spiro atoms. The van der Waals surface area contributed by atoms with Gasteiger partial charge in [0.25, 0.3) is 11.8 Å². The number of hydrogen-bond donors (Lipinski definition) is 3. The molecule has 0 aliphatic rings. The lowest BCUT2D eigenvalue weighted by Gasteiger charge is -2.19. The number of hydrogen-bond acceptors (Lipinski definition) is 3. The first-order chi connectivity index (χ1) is 15.5. The fourth-order valence-electron chi connectivity index (χ4n) is 2.97. The highest BCUT2D eigenvalue weighted by Gasteiger charge is 2.15. The molecule has 8 heteroatoms. The summed E-state index contributed by atoms with van der Waals surface area (Å²) in [5, 5.41) is 8.94. The van der Waals surface area contributed by atoms with Crippen LogP contribution < -0.4 is 16.0 Å². The molecule has 0 aliphatic carbocycles. The monoisotopic (exact) mass is 591 g/mol. The molecule has 0 saturated heterocycles. The summed E-state index contributed by atoms with van der Waals surface area (Å²) in [6.45, 7) is 6.39. The number of halogens is 2. The van der Waals surface area contributed by atoms with Crippen LogP contribution >= 0.6 is 46.4 Å². The lowest BCUT2D eigenvalue weighted by molar-refractivity contribution is 0.0976. The van der Waals surface area contributed by atoms with Gasteiger partial charge in [-0.15, -0.1) is 0 Å². The molecule has 0 aliphatic heterocycles. The van der Waals surface area contributed by atoms with Crippen molar-refractivity contribution in [2.45, 2.75) is 26.2 Å². The second-order valence-corrected chi connectivity index (χ2v) is 10.5. The second-order valence-electron chi connectivity index (χ2n) is 8.39. The van der Waals surface area contributed by atoms with E-state index in [1.165, 1.54) is 5.56 Å². The normalized spacial score (nSPS) is 10.9. The number of carbonyl (C=O) groups is 2. The second kappa shape index (κ2) is 10.6. The molecule has 2 amide bonds. The van der Waals surface area contributed by atoms with Crippen molar-refractivity contribution in [1.82, 2.24) is 5.32 Å². The van der Waals surface area contributed by atoms with E-state index in [2.05, 4.69) is 59.3 Å².